The van der Waals surface area contributed by atoms with Crippen LogP contribution in [-0.4, -0.2) is 44.0 Å². The average molecular weight is 399 g/mol. The second kappa shape index (κ2) is 6.96. The van der Waals surface area contributed by atoms with E-state index in [0.29, 0.717) is 37.9 Å². The molecule has 0 spiro atoms. The molecule has 2 aromatic rings. The van der Waals surface area contributed by atoms with E-state index < -0.39 is 10.0 Å². The molecule has 0 radical (unpaired) electrons. The summed E-state index contributed by atoms with van der Waals surface area (Å²) in [5.41, 5.74) is 0. The molecule has 0 N–H and O–H groups in total. The quantitative estimate of drug-likeness (QED) is 0.791. The molecule has 0 saturated carbocycles. The molecule has 1 aromatic carbocycles. The number of pyridine rings is 1. The maximum absolute atomic E-state index is 12.5. The number of nitrogens with zero attached hydrogens (tertiary/aromatic N) is 2. The lowest BCUT2D eigenvalue weighted by Gasteiger charge is -2.25. The van der Waals surface area contributed by atoms with Crippen LogP contribution in [0.4, 0.5) is 0 Å². The van der Waals surface area contributed by atoms with Gasteiger partial charge in [0.2, 0.25) is 15.9 Å². The summed E-state index contributed by atoms with van der Waals surface area (Å²) in [6.07, 6.45) is 1.32. The lowest BCUT2D eigenvalue weighted by molar-refractivity contribution is 0.0730. The first kappa shape index (κ1) is 16.4. The Bertz CT molecular complexity index is 757. The van der Waals surface area contributed by atoms with Gasteiger partial charge in [-0.2, -0.15) is 4.31 Å². The zero-order valence-electron chi connectivity index (χ0n) is 12.2. The van der Waals surface area contributed by atoms with Crippen LogP contribution in [0.15, 0.2) is 52.0 Å². The second-order valence-corrected chi connectivity index (χ2v) is 7.76. The molecule has 2 heterocycles. The number of ether oxygens (including phenoxy) is 2. The van der Waals surface area contributed by atoms with Crippen LogP contribution >= 0.6 is 15.9 Å². The highest BCUT2D eigenvalue weighted by Gasteiger charge is 2.26. The van der Waals surface area contributed by atoms with Crippen LogP contribution in [-0.2, 0) is 14.8 Å². The highest BCUT2D eigenvalue weighted by atomic mass is 79.9. The van der Waals surface area contributed by atoms with Gasteiger partial charge >= 0.3 is 0 Å². The van der Waals surface area contributed by atoms with Crippen LogP contribution < -0.4 is 4.74 Å². The molecule has 1 fully saturated rings. The Balaban J connectivity index is 1.74. The Morgan fingerprint density at radius 1 is 1.09 bits per heavy atom. The van der Waals surface area contributed by atoms with E-state index in [1.54, 1.807) is 18.2 Å². The Morgan fingerprint density at radius 2 is 1.78 bits per heavy atom. The monoisotopic (exact) mass is 398 g/mol. The number of morpholine rings is 1. The molecule has 1 saturated heterocycles. The van der Waals surface area contributed by atoms with E-state index in [-0.39, 0.29) is 4.90 Å². The lowest BCUT2D eigenvalue weighted by atomic mass is 10.3. The summed E-state index contributed by atoms with van der Waals surface area (Å²) < 4.78 is 38.1. The summed E-state index contributed by atoms with van der Waals surface area (Å²) in [5.74, 6) is 0.970. The van der Waals surface area contributed by atoms with Gasteiger partial charge < -0.3 is 9.47 Å². The molecule has 1 aromatic heterocycles. The van der Waals surface area contributed by atoms with E-state index in [9.17, 15) is 8.42 Å². The van der Waals surface area contributed by atoms with E-state index in [4.69, 9.17) is 9.47 Å². The van der Waals surface area contributed by atoms with Crippen molar-refractivity contribution >= 4 is 26.0 Å². The van der Waals surface area contributed by atoms with Crippen molar-refractivity contribution in [3.63, 3.8) is 0 Å². The zero-order chi connectivity index (χ0) is 16.3. The van der Waals surface area contributed by atoms with Crippen LogP contribution in [0.5, 0.6) is 11.6 Å². The molecular formula is C15H15BrN2O4S. The fourth-order valence-corrected chi connectivity index (χ4v) is 3.76. The van der Waals surface area contributed by atoms with Gasteiger partial charge in [0, 0.05) is 23.6 Å². The molecule has 0 unspecified atom stereocenters. The molecule has 23 heavy (non-hydrogen) atoms. The molecule has 6 nitrogen and oxygen atoms in total. The van der Waals surface area contributed by atoms with E-state index >= 15 is 0 Å². The molecule has 0 amide bonds. The van der Waals surface area contributed by atoms with E-state index in [1.165, 1.54) is 16.6 Å². The minimum absolute atomic E-state index is 0.155. The topological polar surface area (TPSA) is 68.7 Å². The molecular weight excluding hydrogens is 384 g/mol. The Hall–Kier alpha value is -1.48. The lowest BCUT2D eigenvalue weighted by Crippen LogP contribution is -2.40. The summed E-state index contributed by atoms with van der Waals surface area (Å²) >= 11 is 3.35. The SMILES string of the molecule is O=S(=O)(c1ccc(Oc2ccc(Br)cc2)nc1)N1CCOCC1. The first-order chi connectivity index (χ1) is 11.1. The van der Waals surface area contributed by atoms with Gasteiger partial charge in [0.15, 0.2) is 0 Å². The van der Waals surface area contributed by atoms with Gasteiger partial charge in [-0.05, 0) is 30.3 Å². The molecule has 0 atom stereocenters. The maximum atomic E-state index is 12.5. The molecule has 0 aliphatic carbocycles. The van der Waals surface area contributed by atoms with Crippen LogP contribution in [0.2, 0.25) is 0 Å². The summed E-state index contributed by atoms with van der Waals surface area (Å²) in [6.45, 7) is 1.55. The predicted octanol–water partition coefficient (Wildman–Crippen LogP) is 2.66. The van der Waals surface area contributed by atoms with Gasteiger partial charge in [-0.15, -0.1) is 0 Å². The molecule has 1 aliphatic rings. The highest BCUT2D eigenvalue weighted by molar-refractivity contribution is 9.10. The average Bonchev–Trinajstić information content (AvgIpc) is 2.58. The van der Waals surface area contributed by atoms with Crippen molar-refractivity contribution < 1.29 is 17.9 Å². The number of hydrogen-bond donors (Lipinski definition) is 0. The third-order valence-corrected chi connectivity index (χ3v) is 5.76. The second-order valence-electron chi connectivity index (χ2n) is 4.90. The van der Waals surface area contributed by atoms with E-state index in [0.717, 1.165) is 4.47 Å². The number of sulfonamides is 1. The predicted molar refractivity (Wildman–Crippen MR) is 88.0 cm³/mol. The summed E-state index contributed by atoms with van der Waals surface area (Å²) in [6, 6.07) is 10.4. The van der Waals surface area contributed by atoms with Gasteiger partial charge in [-0.25, -0.2) is 13.4 Å². The minimum Gasteiger partial charge on any atom is -0.439 e. The number of halogens is 1. The van der Waals surface area contributed by atoms with Crippen molar-refractivity contribution in [3.05, 3.63) is 47.1 Å². The molecule has 8 heteroatoms. The fourth-order valence-electron chi connectivity index (χ4n) is 2.14. The normalized spacial score (nSPS) is 16.2. The molecule has 122 valence electrons. The number of aromatic nitrogens is 1. The minimum atomic E-state index is -3.53. The van der Waals surface area contributed by atoms with Gasteiger partial charge in [0.25, 0.3) is 0 Å². The molecule has 1 aliphatic heterocycles. The van der Waals surface area contributed by atoms with Crippen molar-refractivity contribution in [3.8, 4) is 11.6 Å². The van der Waals surface area contributed by atoms with Crippen LogP contribution in [0.1, 0.15) is 0 Å². The van der Waals surface area contributed by atoms with Gasteiger partial charge in [-0.3, -0.25) is 0 Å². The van der Waals surface area contributed by atoms with Crippen molar-refractivity contribution in [1.29, 1.82) is 0 Å². The Morgan fingerprint density at radius 3 is 2.39 bits per heavy atom. The molecule has 3 rings (SSSR count). The van der Waals surface area contributed by atoms with E-state index in [1.807, 2.05) is 12.1 Å². The largest absolute Gasteiger partial charge is 0.439 e. The Kier molecular flexibility index (Phi) is 4.96. The van der Waals surface area contributed by atoms with Crippen LogP contribution in [0.3, 0.4) is 0 Å². The number of rotatable bonds is 4. The third-order valence-electron chi connectivity index (χ3n) is 3.35. The fraction of sp³-hybridized carbons (Fsp3) is 0.267. The third kappa shape index (κ3) is 3.89. The standard InChI is InChI=1S/C15H15BrN2O4S/c16-12-1-3-13(4-2-12)22-15-6-5-14(11-17-15)23(19,20)18-7-9-21-10-8-18/h1-6,11H,7-10H2. The summed E-state index contributed by atoms with van der Waals surface area (Å²) in [7, 11) is -3.53. The smallest absolute Gasteiger partial charge is 0.244 e. The summed E-state index contributed by atoms with van der Waals surface area (Å²) in [4.78, 5) is 4.24. The van der Waals surface area contributed by atoms with Crippen LogP contribution in [0, 0.1) is 0 Å². The van der Waals surface area contributed by atoms with Crippen molar-refractivity contribution in [2.45, 2.75) is 4.90 Å². The Labute approximate surface area is 143 Å². The first-order valence-corrected chi connectivity index (χ1v) is 9.26. The van der Waals surface area contributed by atoms with Gasteiger partial charge in [0.1, 0.15) is 10.6 Å². The highest BCUT2D eigenvalue weighted by Crippen LogP contribution is 2.23. The maximum Gasteiger partial charge on any atom is 0.244 e. The zero-order valence-corrected chi connectivity index (χ0v) is 14.6. The van der Waals surface area contributed by atoms with E-state index in [2.05, 4.69) is 20.9 Å². The number of benzene rings is 1. The van der Waals surface area contributed by atoms with Crippen molar-refractivity contribution in [1.82, 2.24) is 9.29 Å². The van der Waals surface area contributed by atoms with Crippen LogP contribution in [0.25, 0.3) is 0 Å². The van der Waals surface area contributed by atoms with Crippen molar-refractivity contribution in [2.75, 3.05) is 26.3 Å². The summed E-state index contributed by atoms with van der Waals surface area (Å²) in [5, 5.41) is 0. The first-order valence-electron chi connectivity index (χ1n) is 7.03. The van der Waals surface area contributed by atoms with Gasteiger partial charge in [0.05, 0.1) is 19.4 Å². The van der Waals surface area contributed by atoms with Crippen molar-refractivity contribution in [2.24, 2.45) is 0 Å². The van der Waals surface area contributed by atoms with Gasteiger partial charge in [-0.1, -0.05) is 15.9 Å². The number of hydrogen-bond acceptors (Lipinski definition) is 5. The molecule has 0 bridgehead atoms.